The number of ketones is 1. The van der Waals surface area contributed by atoms with Crippen molar-refractivity contribution in [1.29, 1.82) is 0 Å². The zero-order chi connectivity index (χ0) is 27.4. The first-order chi connectivity index (χ1) is 18.3. The Kier molecular flexibility index (Phi) is 8.95. The zero-order valence-electron chi connectivity index (χ0n) is 21.9. The van der Waals surface area contributed by atoms with Gasteiger partial charge in [0, 0.05) is 35.1 Å². The third-order valence-electron chi connectivity index (χ3n) is 6.90. The highest BCUT2D eigenvalue weighted by atomic mass is 35.5. The van der Waals surface area contributed by atoms with E-state index in [1.807, 2.05) is 38.1 Å². The first-order valence-electron chi connectivity index (χ1n) is 12.5. The molecule has 202 valence electrons. The summed E-state index contributed by atoms with van der Waals surface area (Å²) in [7, 11) is 3.04. The number of thioether (sulfide) groups is 1. The number of esters is 1. The summed E-state index contributed by atoms with van der Waals surface area (Å²) >= 11 is 8.03. The van der Waals surface area contributed by atoms with Gasteiger partial charge in [-0.2, -0.15) is 11.8 Å². The minimum atomic E-state index is -0.714. The monoisotopic (exact) mass is 557 g/mol. The second kappa shape index (κ2) is 12.2. The summed E-state index contributed by atoms with van der Waals surface area (Å²) in [6, 6.07) is 10.9. The molecule has 0 amide bonds. The van der Waals surface area contributed by atoms with Crippen LogP contribution in [0.1, 0.15) is 49.7 Å². The van der Waals surface area contributed by atoms with E-state index in [0.717, 1.165) is 22.8 Å². The van der Waals surface area contributed by atoms with E-state index in [1.54, 1.807) is 31.0 Å². The predicted octanol–water partition coefficient (Wildman–Crippen LogP) is 5.72. The number of ether oxygens (including phenoxy) is 3. The first kappa shape index (κ1) is 27.9. The molecule has 0 radical (unpaired) electrons. The second-order valence-electron chi connectivity index (χ2n) is 9.18. The molecule has 38 heavy (non-hydrogen) atoms. The smallest absolute Gasteiger partial charge is 0.336 e. The number of carbonyl (C=O) groups excluding carboxylic acids is 2. The molecule has 0 aromatic heterocycles. The standard InChI is InChI=1S/C29H32ClNO6S/c1-5-38-11-10-37-29(34)25-16(2)31-22-13-18(17-6-8-20(35-3)9-7-17)14-23(32)27(22)26(25)19-12-21(30)28(33)24(15-19)36-4/h6-9,12,15,18,26,31,33H,5,10-11,13-14H2,1-4H3. The molecule has 1 aliphatic carbocycles. The van der Waals surface area contributed by atoms with Crippen LogP contribution < -0.4 is 14.8 Å². The van der Waals surface area contributed by atoms with Gasteiger partial charge >= 0.3 is 5.97 Å². The average Bonchev–Trinajstić information content (AvgIpc) is 2.91. The number of hydrogen-bond donors (Lipinski definition) is 2. The van der Waals surface area contributed by atoms with Crippen molar-refractivity contribution in [2.24, 2.45) is 0 Å². The zero-order valence-corrected chi connectivity index (χ0v) is 23.5. The lowest BCUT2D eigenvalue weighted by molar-refractivity contribution is -0.138. The van der Waals surface area contributed by atoms with E-state index in [1.165, 1.54) is 7.11 Å². The van der Waals surface area contributed by atoms with Crippen LogP contribution in [0.5, 0.6) is 17.2 Å². The van der Waals surface area contributed by atoms with Crippen molar-refractivity contribution in [3.8, 4) is 17.2 Å². The number of rotatable bonds is 9. The van der Waals surface area contributed by atoms with Gasteiger partial charge in [0.15, 0.2) is 17.3 Å². The Hall–Kier alpha value is -3.10. The van der Waals surface area contributed by atoms with Crippen LogP contribution in [0.3, 0.4) is 0 Å². The van der Waals surface area contributed by atoms with Crippen LogP contribution in [0.25, 0.3) is 0 Å². The van der Waals surface area contributed by atoms with Crippen LogP contribution in [-0.2, 0) is 14.3 Å². The summed E-state index contributed by atoms with van der Waals surface area (Å²) in [4.78, 5) is 27.2. The number of aromatic hydroxyl groups is 1. The molecule has 1 heterocycles. The molecule has 9 heteroatoms. The largest absolute Gasteiger partial charge is 0.503 e. The van der Waals surface area contributed by atoms with Crippen LogP contribution in [0.4, 0.5) is 0 Å². The number of carbonyl (C=O) groups is 2. The Morgan fingerprint density at radius 1 is 1.13 bits per heavy atom. The van der Waals surface area contributed by atoms with Gasteiger partial charge in [0.2, 0.25) is 0 Å². The molecule has 0 saturated carbocycles. The summed E-state index contributed by atoms with van der Waals surface area (Å²) in [5.41, 5.74) is 3.87. The van der Waals surface area contributed by atoms with E-state index < -0.39 is 11.9 Å². The molecule has 7 nitrogen and oxygen atoms in total. The Labute approximate surface area is 232 Å². The van der Waals surface area contributed by atoms with E-state index in [0.29, 0.717) is 41.0 Å². The number of Topliss-reactive ketones (excluding diaryl/α,β-unsaturated/α-hetero) is 1. The number of benzene rings is 2. The fourth-order valence-electron chi connectivity index (χ4n) is 5.09. The van der Waals surface area contributed by atoms with E-state index in [9.17, 15) is 14.7 Å². The van der Waals surface area contributed by atoms with Crippen LogP contribution in [0, 0.1) is 0 Å². The van der Waals surface area contributed by atoms with Crippen LogP contribution >= 0.6 is 23.4 Å². The van der Waals surface area contributed by atoms with Gasteiger partial charge in [0.1, 0.15) is 12.4 Å². The molecular weight excluding hydrogens is 526 g/mol. The minimum absolute atomic E-state index is 0.0226. The number of phenols is 1. The van der Waals surface area contributed by atoms with Gasteiger partial charge < -0.3 is 24.6 Å². The lowest BCUT2D eigenvalue weighted by atomic mass is 9.71. The topological polar surface area (TPSA) is 94.1 Å². The second-order valence-corrected chi connectivity index (χ2v) is 11.0. The Bertz CT molecular complexity index is 1290. The number of phenolic OH excluding ortho intramolecular Hbond substituents is 1. The highest BCUT2D eigenvalue weighted by molar-refractivity contribution is 7.99. The van der Waals surface area contributed by atoms with Gasteiger partial charge in [-0.25, -0.2) is 4.79 Å². The Morgan fingerprint density at radius 2 is 1.87 bits per heavy atom. The van der Waals surface area contributed by atoms with Crippen LogP contribution in [0.2, 0.25) is 5.02 Å². The normalized spacial score (nSPS) is 19.1. The molecule has 0 bridgehead atoms. The number of allylic oxidation sites excluding steroid dienone is 3. The SMILES string of the molecule is CCSCCOC(=O)C1=C(C)NC2=C(C(=O)CC(c3ccc(OC)cc3)C2)C1c1cc(Cl)c(O)c(OC)c1. The van der Waals surface area contributed by atoms with E-state index in [2.05, 4.69) is 5.32 Å². The highest BCUT2D eigenvalue weighted by Crippen LogP contribution is 2.48. The minimum Gasteiger partial charge on any atom is -0.503 e. The van der Waals surface area contributed by atoms with Crippen molar-refractivity contribution in [2.45, 2.75) is 38.5 Å². The van der Waals surface area contributed by atoms with Gasteiger partial charge in [-0.15, -0.1) is 0 Å². The lowest BCUT2D eigenvalue weighted by Gasteiger charge is -2.37. The molecule has 0 spiro atoms. The third-order valence-corrected chi connectivity index (χ3v) is 8.06. The van der Waals surface area contributed by atoms with Crippen molar-refractivity contribution < 1.29 is 28.9 Å². The van der Waals surface area contributed by atoms with Gasteiger partial charge in [-0.1, -0.05) is 30.7 Å². The maximum atomic E-state index is 13.8. The number of hydrogen-bond acceptors (Lipinski definition) is 8. The number of halogens is 1. The van der Waals surface area contributed by atoms with E-state index in [-0.39, 0.29) is 34.8 Å². The highest BCUT2D eigenvalue weighted by Gasteiger charge is 2.42. The maximum Gasteiger partial charge on any atom is 0.336 e. The van der Waals surface area contributed by atoms with Crippen LogP contribution in [0.15, 0.2) is 58.9 Å². The molecule has 1 aliphatic heterocycles. The molecule has 2 aromatic carbocycles. The van der Waals surface area contributed by atoms with Gasteiger partial charge in [-0.05, 0) is 60.4 Å². The fourth-order valence-corrected chi connectivity index (χ4v) is 5.80. The molecule has 2 aliphatic rings. The van der Waals surface area contributed by atoms with E-state index >= 15 is 0 Å². The average molecular weight is 558 g/mol. The quantitative estimate of drug-likeness (QED) is 0.299. The van der Waals surface area contributed by atoms with Crippen molar-refractivity contribution in [3.05, 3.63) is 75.1 Å². The Balaban J connectivity index is 1.76. The molecule has 2 aromatic rings. The van der Waals surface area contributed by atoms with Gasteiger partial charge in [0.05, 0.1) is 24.8 Å². The summed E-state index contributed by atoms with van der Waals surface area (Å²) in [5.74, 6) is 1.04. The molecule has 2 unspecified atom stereocenters. The van der Waals surface area contributed by atoms with E-state index in [4.69, 9.17) is 25.8 Å². The van der Waals surface area contributed by atoms with Gasteiger partial charge in [-0.3, -0.25) is 4.79 Å². The maximum absolute atomic E-state index is 13.8. The van der Waals surface area contributed by atoms with Crippen molar-refractivity contribution in [3.63, 3.8) is 0 Å². The number of dihydropyridines is 1. The summed E-state index contributed by atoms with van der Waals surface area (Å²) < 4.78 is 16.2. The molecule has 2 atom stereocenters. The summed E-state index contributed by atoms with van der Waals surface area (Å²) in [5, 5.41) is 13.8. The van der Waals surface area contributed by atoms with Crippen molar-refractivity contribution >= 4 is 35.1 Å². The third kappa shape index (κ3) is 5.66. The summed E-state index contributed by atoms with van der Waals surface area (Å²) in [6.45, 7) is 4.12. The van der Waals surface area contributed by atoms with Gasteiger partial charge in [0.25, 0.3) is 0 Å². The number of methoxy groups -OCH3 is 2. The molecule has 0 fully saturated rings. The van der Waals surface area contributed by atoms with Crippen molar-refractivity contribution in [2.75, 3.05) is 32.3 Å². The molecular formula is C29H32ClNO6S. The fraction of sp³-hybridized carbons (Fsp3) is 0.379. The molecule has 4 rings (SSSR count). The number of nitrogens with one attached hydrogen (secondary N) is 1. The Morgan fingerprint density at radius 3 is 2.53 bits per heavy atom. The molecule has 0 saturated heterocycles. The first-order valence-corrected chi connectivity index (χ1v) is 14.0. The van der Waals surface area contributed by atoms with Crippen molar-refractivity contribution in [1.82, 2.24) is 5.32 Å². The molecule has 2 N–H and O–H groups in total. The predicted molar refractivity (Wildman–Crippen MR) is 149 cm³/mol. The summed E-state index contributed by atoms with van der Waals surface area (Å²) in [6.07, 6.45) is 0.889. The lowest BCUT2D eigenvalue weighted by Crippen LogP contribution is -2.36. The van der Waals surface area contributed by atoms with Crippen LogP contribution in [-0.4, -0.2) is 49.2 Å².